The van der Waals surface area contributed by atoms with Crippen LogP contribution in [-0.4, -0.2) is 16.0 Å². The topological polar surface area (TPSA) is 57.3 Å². The Balaban J connectivity index is 1.74. The third-order valence-corrected chi connectivity index (χ3v) is 7.08. The second-order valence-corrected chi connectivity index (χ2v) is 9.92. The van der Waals surface area contributed by atoms with Gasteiger partial charge >= 0.3 is 0 Å². The van der Waals surface area contributed by atoms with Crippen molar-refractivity contribution < 1.29 is 4.79 Å². The molecule has 1 aliphatic heterocycles. The number of aromatic nitrogens is 1. The number of carbonyl (C=O) groups is 1. The molecule has 2 atom stereocenters. The lowest BCUT2D eigenvalue weighted by Gasteiger charge is -2.27. The van der Waals surface area contributed by atoms with Crippen molar-refractivity contribution in [2.75, 3.05) is 10.2 Å². The number of thiocarbonyl (C=S) groups is 1. The number of pyridine rings is 1. The van der Waals surface area contributed by atoms with Gasteiger partial charge in [0.2, 0.25) is 5.91 Å². The molecule has 8 heteroatoms. The summed E-state index contributed by atoms with van der Waals surface area (Å²) in [4.78, 5) is 19.7. The summed E-state index contributed by atoms with van der Waals surface area (Å²) >= 11 is 11.0. The fourth-order valence-corrected chi connectivity index (χ4v) is 5.48. The van der Waals surface area contributed by atoms with Crippen LogP contribution < -0.4 is 15.5 Å². The molecule has 3 heterocycles. The number of nitrogens with one attached hydrogen (secondary N) is 2. The van der Waals surface area contributed by atoms with E-state index < -0.39 is 0 Å². The van der Waals surface area contributed by atoms with Crippen molar-refractivity contribution in [1.82, 2.24) is 10.3 Å². The average Bonchev–Trinajstić information content (AvgIpc) is 3.32. The Morgan fingerprint density at radius 1 is 1.30 bits per heavy atom. The molecule has 154 valence electrons. The van der Waals surface area contributed by atoms with Gasteiger partial charge in [-0.3, -0.25) is 9.78 Å². The van der Waals surface area contributed by atoms with E-state index in [1.54, 1.807) is 17.5 Å². The number of hydrogen-bond donors (Lipinski definition) is 2. The Bertz CT molecular complexity index is 1090. The number of halogens is 1. The van der Waals surface area contributed by atoms with Crippen LogP contribution in [0.3, 0.4) is 0 Å². The van der Waals surface area contributed by atoms with Crippen molar-refractivity contribution in [3.63, 3.8) is 0 Å². The van der Waals surface area contributed by atoms with Crippen LogP contribution in [0.25, 0.3) is 0 Å². The van der Waals surface area contributed by atoms with E-state index in [9.17, 15) is 4.79 Å². The molecular formula is C22H21BrN4OS2. The smallest absolute Gasteiger partial charge is 0.224 e. The average molecular weight is 501 g/mol. The van der Waals surface area contributed by atoms with Crippen molar-refractivity contribution in [3.05, 3.63) is 74.6 Å². The van der Waals surface area contributed by atoms with Crippen LogP contribution in [0.15, 0.2) is 58.5 Å². The molecule has 5 nitrogen and oxygen atoms in total. The molecule has 1 saturated heterocycles. The van der Waals surface area contributed by atoms with Gasteiger partial charge in [0.15, 0.2) is 5.11 Å². The number of amides is 1. The SMILES string of the molecule is CCC(=O)Nc1ccc(N2C(=S)N[C@@H](c3ccccn3)[C@H]2c2ccc(Br)s2)cc1C. The highest BCUT2D eigenvalue weighted by Crippen LogP contribution is 2.44. The number of nitrogens with zero attached hydrogens (tertiary/aromatic N) is 2. The predicted molar refractivity (Wildman–Crippen MR) is 130 cm³/mol. The van der Waals surface area contributed by atoms with E-state index in [2.05, 4.69) is 54.6 Å². The molecule has 30 heavy (non-hydrogen) atoms. The van der Waals surface area contributed by atoms with Crippen LogP contribution in [0.5, 0.6) is 0 Å². The zero-order chi connectivity index (χ0) is 21.3. The summed E-state index contributed by atoms with van der Waals surface area (Å²) in [6, 6.07) is 16.0. The van der Waals surface area contributed by atoms with E-state index in [4.69, 9.17) is 12.2 Å². The van der Waals surface area contributed by atoms with Crippen molar-refractivity contribution in [2.45, 2.75) is 32.4 Å². The number of carbonyl (C=O) groups excluding carboxylic acids is 1. The summed E-state index contributed by atoms with van der Waals surface area (Å²) in [5.41, 5.74) is 3.73. The van der Waals surface area contributed by atoms with Gasteiger partial charge in [0.05, 0.1) is 21.6 Å². The summed E-state index contributed by atoms with van der Waals surface area (Å²) < 4.78 is 1.07. The molecule has 0 radical (unpaired) electrons. The first kappa shape index (κ1) is 21.0. The molecule has 0 unspecified atom stereocenters. The van der Waals surface area contributed by atoms with Gasteiger partial charge in [-0.25, -0.2) is 0 Å². The zero-order valence-corrected chi connectivity index (χ0v) is 19.8. The predicted octanol–water partition coefficient (Wildman–Crippen LogP) is 5.74. The van der Waals surface area contributed by atoms with Crippen LogP contribution in [0.4, 0.5) is 11.4 Å². The number of anilines is 2. The first-order valence-corrected chi connectivity index (χ1v) is 11.7. The van der Waals surface area contributed by atoms with Crippen molar-refractivity contribution in [1.29, 1.82) is 0 Å². The van der Waals surface area contributed by atoms with Crippen LogP contribution in [0.2, 0.25) is 0 Å². The Hall–Kier alpha value is -2.29. The fraction of sp³-hybridized carbons (Fsp3) is 0.227. The summed E-state index contributed by atoms with van der Waals surface area (Å²) in [5, 5.41) is 7.08. The first-order chi connectivity index (χ1) is 14.5. The van der Waals surface area contributed by atoms with E-state index in [1.807, 2.05) is 44.2 Å². The lowest BCUT2D eigenvalue weighted by atomic mass is 10.0. The van der Waals surface area contributed by atoms with Gasteiger partial charge < -0.3 is 15.5 Å². The normalized spacial score (nSPS) is 18.4. The molecule has 1 aliphatic rings. The van der Waals surface area contributed by atoms with Gasteiger partial charge in [0.25, 0.3) is 0 Å². The number of thiophene rings is 1. The highest BCUT2D eigenvalue weighted by molar-refractivity contribution is 9.11. The number of aryl methyl sites for hydroxylation is 1. The van der Waals surface area contributed by atoms with Crippen molar-refractivity contribution in [2.24, 2.45) is 0 Å². The summed E-state index contributed by atoms with van der Waals surface area (Å²) in [6.07, 6.45) is 2.25. The second kappa shape index (κ2) is 8.83. The van der Waals surface area contributed by atoms with Crippen molar-refractivity contribution >= 4 is 61.9 Å². The van der Waals surface area contributed by atoms with Gasteiger partial charge in [-0.15, -0.1) is 11.3 Å². The maximum absolute atomic E-state index is 11.8. The van der Waals surface area contributed by atoms with Gasteiger partial charge in [0.1, 0.15) is 0 Å². The molecule has 2 N–H and O–H groups in total. The van der Waals surface area contributed by atoms with E-state index in [0.717, 1.165) is 26.4 Å². The third-order valence-electron chi connectivity index (χ3n) is 5.07. The minimum Gasteiger partial charge on any atom is -0.351 e. The number of rotatable bonds is 5. The number of benzene rings is 1. The minimum atomic E-state index is -0.0657. The molecule has 1 amide bonds. The molecule has 0 spiro atoms. The largest absolute Gasteiger partial charge is 0.351 e. The lowest BCUT2D eigenvalue weighted by molar-refractivity contribution is -0.115. The van der Waals surface area contributed by atoms with Crippen LogP contribution in [0.1, 0.15) is 41.6 Å². The highest BCUT2D eigenvalue weighted by Gasteiger charge is 2.41. The highest BCUT2D eigenvalue weighted by atomic mass is 79.9. The Labute approximate surface area is 193 Å². The van der Waals surface area contributed by atoms with Gasteiger partial charge in [-0.1, -0.05) is 13.0 Å². The van der Waals surface area contributed by atoms with Crippen LogP contribution >= 0.6 is 39.5 Å². The van der Waals surface area contributed by atoms with Crippen LogP contribution in [0, 0.1) is 6.92 Å². The summed E-state index contributed by atoms with van der Waals surface area (Å²) in [5.74, 6) is 0.000684. The third kappa shape index (κ3) is 4.12. The first-order valence-electron chi connectivity index (χ1n) is 9.64. The standard InChI is InChI=1S/C22H21BrN4OS2/c1-3-19(28)25-15-8-7-14(12-13(15)2)27-21(17-9-10-18(23)30-17)20(26-22(27)29)16-6-4-5-11-24-16/h4-12,20-21H,3H2,1-2H3,(H,25,28)(H,26,29)/t20-,21+/m0/s1. The Morgan fingerprint density at radius 3 is 2.77 bits per heavy atom. The summed E-state index contributed by atoms with van der Waals surface area (Å²) in [6.45, 7) is 3.84. The van der Waals surface area contributed by atoms with Gasteiger partial charge in [-0.05, 0) is 83.1 Å². The Morgan fingerprint density at radius 2 is 2.13 bits per heavy atom. The van der Waals surface area contributed by atoms with Gasteiger partial charge in [0, 0.05) is 28.9 Å². The summed E-state index contributed by atoms with van der Waals surface area (Å²) in [7, 11) is 0. The molecule has 0 saturated carbocycles. The van der Waals surface area contributed by atoms with E-state index in [1.165, 1.54) is 4.88 Å². The molecule has 3 aromatic rings. The Kier molecular flexibility index (Phi) is 6.17. The van der Waals surface area contributed by atoms with Gasteiger partial charge in [-0.2, -0.15) is 0 Å². The fourth-order valence-electron chi connectivity index (χ4n) is 3.59. The monoisotopic (exact) mass is 500 g/mol. The molecule has 1 fully saturated rings. The molecule has 4 rings (SSSR count). The lowest BCUT2D eigenvalue weighted by Crippen LogP contribution is -2.29. The second-order valence-electron chi connectivity index (χ2n) is 7.04. The maximum atomic E-state index is 11.8. The molecule has 1 aromatic carbocycles. The van der Waals surface area contributed by atoms with Crippen LogP contribution in [-0.2, 0) is 4.79 Å². The minimum absolute atomic E-state index is 0.000684. The van der Waals surface area contributed by atoms with Crippen molar-refractivity contribution in [3.8, 4) is 0 Å². The van der Waals surface area contributed by atoms with E-state index in [-0.39, 0.29) is 18.0 Å². The van der Waals surface area contributed by atoms with E-state index in [0.29, 0.717) is 11.5 Å². The molecule has 0 aliphatic carbocycles. The molecule has 2 aromatic heterocycles. The maximum Gasteiger partial charge on any atom is 0.224 e. The number of hydrogen-bond acceptors (Lipinski definition) is 4. The molecule has 0 bridgehead atoms. The quantitative estimate of drug-likeness (QED) is 0.437. The zero-order valence-electron chi connectivity index (χ0n) is 16.6. The van der Waals surface area contributed by atoms with E-state index >= 15 is 0 Å². The molecular weight excluding hydrogens is 480 g/mol.